The smallest absolute Gasteiger partial charge is 0.101 e. The van der Waals surface area contributed by atoms with Gasteiger partial charge in [0.15, 0.2) is 0 Å². The van der Waals surface area contributed by atoms with Crippen LogP contribution in [0.3, 0.4) is 0 Å². The monoisotopic (exact) mass is 762 g/mol. The minimum Gasteiger partial charge on any atom is -0.309 e. The summed E-state index contributed by atoms with van der Waals surface area (Å²) in [7, 11) is 0. The van der Waals surface area contributed by atoms with Gasteiger partial charge in [-0.15, -0.1) is 0 Å². The molecule has 2 aliphatic heterocycles. The fraction of sp³-hybridized carbons (Fsp3) is 0.333. The molecule has 294 valence electrons. The Morgan fingerprint density at radius 2 is 0.724 bits per heavy atom. The van der Waals surface area contributed by atoms with Crippen LogP contribution in [0.25, 0.3) is 11.1 Å². The third kappa shape index (κ3) is 5.28. The van der Waals surface area contributed by atoms with E-state index >= 15 is 0 Å². The first-order valence-corrected chi connectivity index (χ1v) is 20.9. The predicted molar refractivity (Wildman–Crippen MR) is 245 cm³/mol. The van der Waals surface area contributed by atoms with Crippen molar-refractivity contribution in [1.29, 1.82) is 5.26 Å². The van der Waals surface area contributed by atoms with E-state index < -0.39 is 0 Å². The van der Waals surface area contributed by atoms with Gasteiger partial charge in [-0.3, -0.25) is 4.98 Å². The molecule has 0 bridgehead atoms. The average molecular weight is 763 g/mol. The van der Waals surface area contributed by atoms with Crippen molar-refractivity contribution in [2.24, 2.45) is 0 Å². The molecule has 0 unspecified atom stereocenters. The van der Waals surface area contributed by atoms with Crippen molar-refractivity contribution in [2.75, 3.05) is 9.80 Å². The quantitative estimate of drug-likeness (QED) is 0.180. The summed E-state index contributed by atoms with van der Waals surface area (Å²) in [5.41, 5.74) is 36.2. The van der Waals surface area contributed by atoms with Crippen LogP contribution in [-0.4, -0.2) is 4.98 Å². The van der Waals surface area contributed by atoms with Gasteiger partial charge in [0, 0.05) is 30.8 Å². The van der Waals surface area contributed by atoms with E-state index in [4.69, 9.17) is 0 Å². The summed E-state index contributed by atoms with van der Waals surface area (Å²) in [5, 5.41) is 11.5. The minimum atomic E-state index is 0.655. The Morgan fingerprint density at radius 3 is 1.05 bits per heavy atom. The molecule has 0 spiro atoms. The number of nitriles is 1. The Balaban J connectivity index is 1.56. The van der Waals surface area contributed by atoms with Gasteiger partial charge in [-0.05, 0) is 252 Å². The van der Waals surface area contributed by atoms with Gasteiger partial charge in [-0.2, -0.15) is 5.26 Å². The molecule has 8 rings (SSSR count). The van der Waals surface area contributed by atoms with Crippen molar-refractivity contribution in [3.8, 4) is 17.2 Å². The Kier molecular flexibility index (Phi) is 9.28. The summed E-state index contributed by atoms with van der Waals surface area (Å²) in [6.45, 7) is 36.4. The number of fused-ring (bicyclic) bond motifs is 4. The van der Waals surface area contributed by atoms with E-state index in [0.717, 1.165) is 35.3 Å². The number of anilines is 6. The van der Waals surface area contributed by atoms with Gasteiger partial charge in [0.05, 0.1) is 39.7 Å². The molecule has 6 aromatic rings. The van der Waals surface area contributed by atoms with Crippen LogP contribution in [0, 0.1) is 122 Å². The molecule has 0 saturated heterocycles. The third-order valence-corrected chi connectivity index (χ3v) is 15.4. The number of pyridine rings is 1. The van der Waals surface area contributed by atoms with E-state index in [2.05, 4.69) is 156 Å². The van der Waals surface area contributed by atoms with Gasteiger partial charge in [0.1, 0.15) is 6.07 Å². The molecule has 0 aliphatic carbocycles. The molecule has 0 radical (unpaired) electrons. The van der Waals surface area contributed by atoms with Crippen LogP contribution in [-0.2, 0) is 12.8 Å². The lowest BCUT2D eigenvalue weighted by Crippen LogP contribution is -2.26. The second kappa shape index (κ2) is 13.7. The Hall–Kier alpha value is -5.66. The van der Waals surface area contributed by atoms with Crippen LogP contribution in [0.1, 0.15) is 117 Å². The molecular formula is C54H58N4. The van der Waals surface area contributed by atoms with Crippen molar-refractivity contribution in [1.82, 2.24) is 4.98 Å². The molecule has 5 aromatic carbocycles. The topological polar surface area (TPSA) is 43.2 Å². The maximum Gasteiger partial charge on any atom is 0.101 e. The summed E-state index contributed by atoms with van der Waals surface area (Å²) < 4.78 is 0. The highest BCUT2D eigenvalue weighted by Gasteiger charge is 2.37. The standard InChI is InChI=1S/C54H58N4/c1-26-30(5)38(13)51-44(34(26)9)22-45-35(10)27(2)31(6)39(14)52(45)57(51)49-24-48(42-17-19-56-20-18-42)50(21-43(49)25-55)58-53-40(15)32(7)28(3)36(11)46(53)23-47-37(12)29(4)33(8)41(16)54(47)58/h17-21,24H,22-23H2,1-16H3. The maximum atomic E-state index is 11.5. The zero-order chi connectivity index (χ0) is 42.0. The summed E-state index contributed by atoms with van der Waals surface area (Å²) in [6.07, 6.45) is 5.54. The highest BCUT2D eigenvalue weighted by Crippen LogP contribution is 2.57. The average Bonchev–Trinajstić information content (AvgIpc) is 3.24. The van der Waals surface area contributed by atoms with Gasteiger partial charge in [0.25, 0.3) is 0 Å². The lowest BCUT2D eigenvalue weighted by atomic mass is 9.80. The summed E-state index contributed by atoms with van der Waals surface area (Å²) in [4.78, 5) is 9.51. The van der Waals surface area contributed by atoms with Crippen molar-refractivity contribution in [2.45, 2.75) is 124 Å². The van der Waals surface area contributed by atoms with Gasteiger partial charge >= 0.3 is 0 Å². The normalized spacial score (nSPS) is 12.9. The maximum absolute atomic E-state index is 11.5. The molecule has 4 heteroatoms. The molecule has 2 aliphatic rings. The van der Waals surface area contributed by atoms with Gasteiger partial charge < -0.3 is 9.80 Å². The highest BCUT2D eigenvalue weighted by atomic mass is 15.2. The molecule has 3 heterocycles. The number of benzene rings is 5. The van der Waals surface area contributed by atoms with Crippen molar-refractivity contribution < 1.29 is 0 Å². The second-order valence-electron chi connectivity index (χ2n) is 17.6. The highest BCUT2D eigenvalue weighted by molar-refractivity contribution is 6.00. The number of hydrogen-bond donors (Lipinski definition) is 0. The van der Waals surface area contributed by atoms with Gasteiger partial charge in [-0.1, -0.05) is 0 Å². The number of rotatable bonds is 3. The van der Waals surface area contributed by atoms with Crippen molar-refractivity contribution in [3.05, 3.63) is 153 Å². The molecule has 0 atom stereocenters. The molecular weight excluding hydrogens is 705 g/mol. The third-order valence-electron chi connectivity index (χ3n) is 15.4. The minimum absolute atomic E-state index is 0.655. The zero-order valence-corrected chi connectivity index (χ0v) is 37.7. The molecule has 0 amide bonds. The summed E-state index contributed by atoms with van der Waals surface area (Å²) >= 11 is 0. The number of nitrogens with zero attached hydrogens (tertiary/aromatic N) is 4. The molecule has 1 aromatic heterocycles. The second-order valence-corrected chi connectivity index (χ2v) is 17.6. The summed E-state index contributed by atoms with van der Waals surface area (Å²) in [5.74, 6) is 0. The summed E-state index contributed by atoms with van der Waals surface area (Å²) in [6, 6.07) is 11.6. The van der Waals surface area contributed by atoms with Crippen LogP contribution >= 0.6 is 0 Å². The van der Waals surface area contributed by atoms with Crippen LogP contribution < -0.4 is 9.80 Å². The molecule has 0 saturated carbocycles. The van der Waals surface area contributed by atoms with E-state index in [0.29, 0.717) is 5.56 Å². The largest absolute Gasteiger partial charge is 0.309 e. The van der Waals surface area contributed by atoms with Gasteiger partial charge in [-0.25, -0.2) is 0 Å². The number of aromatic nitrogens is 1. The fourth-order valence-electron chi connectivity index (χ4n) is 10.4. The lowest BCUT2D eigenvalue weighted by molar-refractivity contribution is 0.991. The fourth-order valence-corrected chi connectivity index (χ4v) is 10.4. The zero-order valence-electron chi connectivity index (χ0n) is 37.7. The van der Waals surface area contributed by atoms with Gasteiger partial charge in [0.2, 0.25) is 0 Å². The van der Waals surface area contributed by atoms with Crippen LogP contribution in [0.5, 0.6) is 0 Å². The van der Waals surface area contributed by atoms with Crippen molar-refractivity contribution in [3.63, 3.8) is 0 Å². The van der Waals surface area contributed by atoms with E-state index in [1.807, 2.05) is 12.4 Å². The Morgan fingerprint density at radius 1 is 0.414 bits per heavy atom. The first kappa shape index (κ1) is 39.2. The Bertz CT molecular complexity index is 2710. The molecule has 0 fully saturated rings. The first-order valence-electron chi connectivity index (χ1n) is 20.9. The van der Waals surface area contributed by atoms with Crippen molar-refractivity contribution >= 4 is 34.1 Å². The SMILES string of the molecule is Cc1c(C)c(C)c2c(c1C)Cc1c(C)c(C)c(C)c(C)c1N2c1cc(-c2ccncc2)c(N2c3c(C)c(C)c(C)c(C)c3Cc3c(C)c(C)c(C)c(C)c32)cc1C#N. The van der Waals surface area contributed by atoms with E-state index in [9.17, 15) is 5.26 Å². The lowest BCUT2D eigenvalue weighted by Gasteiger charge is -2.42. The number of hydrogen-bond acceptors (Lipinski definition) is 4. The van der Waals surface area contributed by atoms with Crippen LogP contribution in [0.4, 0.5) is 34.1 Å². The molecule has 4 nitrogen and oxygen atoms in total. The van der Waals surface area contributed by atoms with E-state index in [-0.39, 0.29) is 0 Å². The van der Waals surface area contributed by atoms with E-state index in [1.54, 1.807) is 0 Å². The first-order chi connectivity index (χ1) is 27.4. The van der Waals surface area contributed by atoms with Crippen LogP contribution in [0.2, 0.25) is 0 Å². The molecule has 58 heavy (non-hydrogen) atoms. The van der Waals surface area contributed by atoms with E-state index in [1.165, 1.54) is 134 Å². The Labute approximate surface area is 347 Å². The molecule has 0 N–H and O–H groups in total. The predicted octanol–water partition coefficient (Wildman–Crippen LogP) is 14.3. The van der Waals surface area contributed by atoms with Crippen LogP contribution in [0.15, 0.2) is 36.7 Å².